The largest absolute Gasteiger partial charge is 0.381 e. The lowest BCUT2D eigenvalue weighted by atomic mass is 9.89. The number of fused-ring (bicyclic) bond motifs is 1. The van der Waals surface area contributed by atoms with Gasteiger partial charge in [0.15, 0.2) is 0 Å². The molecule has 3 fully saturated rings. The molecule has 2 saturated heterocycles. The number of aromatic nitrogens is 2. The molecule has 3 heterocycles. The summed E-state index contributed by atoms with van der Waals surface area (Å²) in [6, 6.07) is 7.82. The van der Waals surface area contributed by atoms with Gasteiger partial charge in [0.05, 0.1) is 25.3 Å². The van der Waals surface area contributed by atoms with Crippen LogP contribution < -0.4 is 5.32 Å². The Bertz CT molecular complexity index is 794. The molecule has 1 atom stereocenters. The van der Waals surface area contributed by atoms with Crippen molar-refractivity contribution in [3.05, 3.63) is 30.1 Å². The fraction of sp³-hybridized carbons (Fsp3) is 0.636. The highest BCUT2D eigenvalue weighted by atomic mass is 16.5. The second kappa shape index (κ2) is 8.31. The molecule has 1 unspecified atom stereocenters. The summed E-state index contributed by atoms with van der Waals surface area (Å²) in [6.45, 7) is 5.65. The molecular formula is C22H30N4O2. The monoisotopic (exact) mass is 382 g/mol. The van der Waals surface area contributed by atoms with Crippen molar-refractivity contribution in [1.29, 1.82) is 0 Å². The van der Waals surface area contributed by atoms with Crippen molar-refractivity contribution in [2.75, 3.05) is 44.8 Å². The Morgan fingerprint density at radius 1 is 0.929 bits per heavy atom. The molecule has 1 saturated carbocycles. The van der Waals surface area contributed by atoms with Crippen LogP contribution in [0.15, 0.2) is 24.5 Å². The highest BCUT2D eigenvalue weighted by molar-refractivity contribution is 5.89. The van der Waals surface area contributed by atoms with Gasteiger partial charge in [-0.25, -0.2) is 9.97 Å². The summed E-state index contributed by atoms with van der Waals surface area (Å²) < 4.78 is 11.1. The number of nitrogens with zero attached hydrogens (tertiary/aromatic N) is 3. The summed E-state index contributed by atoms with van der Waals surface area (Å²) >= 11 is 0. The van der Waals surface area contributed by atoms with E-state index < -0.39 is 0 Å². The van der Waals surface area contributed by atoms with E-state index in [0.717, 1.165) is 68.7 Å². The van der Waals surface area contributed by atoms with Crippen LogP contribution in [0.4, 0.5) is 5.82 Å². The minimum Gasteiger partial charge on any atom is -0.381 e. The van der Waals surface area contributed by atoms with Crippen LogP contribution in [0, 0.1) is 0 Å². The van der Waals surface area contributed by atoms with E-state index in [1.54, 1.807) is 6.33 Å². The average molecular weight is 383 g/mol. The van der Waals surface area contributed by atoms with Gasteiger partial charge in [-0.3, -0.25) is 4.90 Å². The molecule has 1 N–H and O–H groups in total. The van der Waals surface area contributed by atoms with Crippen LogP contribution in [0.2, 0.25) is 0 Å². The van der Waals surface area contributed by atoms with Gasteiger partial charge in [0.2, 0.25) is 0 Å². The standard InChI is InChI=1S/C22H30N4O2/c1-6-21-20(13-16(1)17-7-10-28-14-17)22(24-15-23-21)25-18-2-4-19(5-3-18)26-8-11-27-12-9-26/h1,6,13,15,17-19H,2-5,7-12,14H2,(H,23,24,25)/t17?,18-,19-. The molecule has 6 heteroatoms. The van der Waals surface area contributed by atoms with Crippen molar-refractivity contribution in [1.82, 2.24) is 14.9 Å². The number of anilines is 1. The Balaban J connectivity index is 1.28. The number of rotatable bonds is 4. The van der Waals surface area contributed by atoms with Crippen molar-refractivity contribution in [3.63, 3.8) is 0 Å². The summed E-state index contributed by atoms with van der Waals surface area (Å²) in [6.07, 6.45) is 7.69. The van der Waals surface area contributed by atoms with Crippen molar-refractivity contribution in [3.8, 4) is 0 Å². The molecule has 1 aliphatic carbocycles. The van der Waals surface area contributed by atoms with Crippen molar-refractivity contribution < 1.29 is 9.47 Å². The van der Waals surface area contributed by atoms with Gasteiger partial charge < -0.3 is 14.8 Å². The van der Waals surface area contributed by atoms with Crippen LogP contribution in [0.5, 0.6) is 0 Å². The fourth-order valence-corrected chi connectivity index (χ4v) is 4.96. The van der Waals surface area contributed by atoms with E-state index >= 15 is 0 Å². The maximum Gasteiger partial charge on any atom is 0.137 e. The lowest BCUT2D eigenvalue weighted by molar-refractivity contribution is 0.00791. The first-order valence-electron chi connectivity index (χ1n) is 10.8. The van der Waals surface area contributed by atoms with Gasteiger partial charge in [-0.2, -0.15) is 0 Å². The van der Waals surface area contributed by atoms with Gasteiger partial charge in [-0.05, 0) is 49.8 Å². The zero-order chi connectivity index (χ0) is 18.8. The predicted octanol–water partition coefficient (Wildman–Crippen LogP) is 3.19. The van der Waals surface area contributed by atoms with E-state index in [1.165, 1.54) is 31.2 Å². The second-order valence-electron chi connectivity index (χ2n) is 8.36. The average Bonchev–Trinajstić information content (AvgIpc) is 3.30. The number of nitrogens with one attached hydrogen (secondary N) is 1. The maximum atomic E-state index is 5.58. The number of hydrogen-bond acceptors (Lipinski definition) is 6. The predicted molar refractivity (Wildman–Crippen MR) is 110 cm³/mol. The molecule has 2 aliphatic heterocycles. The van der Waals surface area contributed by atoms with E-state index in [4.69, 9.17) is 9.47 Å². The third-order valence-electron chi connectivity index (χ3n) is 6.66. The zero-order valence-electron chi connectivity index (χ0n) is 16.5. The molecule has 1 aromatic carbocycles. The van der Waals surface area contributed by atoms with Crippen molar-refractivity contribution in [2.24, 2.45) is 0 Å². The Morgan fingerprint density at radius 2 is 1.79 bits per heavy atom. The number of benzene rings is 1. The quantitative estimate of drug-likeness (QED) is 0.876. The fourth-order valence-electron chi connectivity index (χ4n) is 4.96. The third-order valence-corrected chi connectivity index (χ3v) is 6.66. The Labute approximate surface area is 166 Å². The van der Waals surface area contributed by atoms with E-state index in [1.807, 2.05) is 0 Å². The molecule has 0 radical (unpaired) electrons. The summed E-state index contributed by atoms with van der Waals surface area (Å²) in [5.41, 5.74) is 2.36. The van der Waals surface area contributed by atoms with Gasteiger partial charge in [0, 0.05) is 43.1 Å². The van der Waals surface area contributed by atoms with Crippen LogP contribution in [0.1, 0.15) is 43.6 Å². The van der Waals surface area contributed by atoms with Crippen LogP contribution in [-0.4, -0.2) is 66.5 Å². The Hall–Kier alpha value is -1.76. The SMILES string of the molecule is c1nc(N[C@H]2CC[C@H](N3CCOCC3)CC2)c2cc(C3CCOC3)ccc2n1. The lowest BCUT2D eigenvalue weighted by Crippen LogP contribution is -2.46. The van der Waals surface area contributed by atoms with Crippen LogP contribution in [0.25, 0.3) is 10.9 Å². The van der Waals surface area contributed by atoms with Gasteiger partial charge in [0.1, 0.15) is 12.1 Å². The first-order chi connectivity index (χ1) is 13.9. The van der Waals surface area contributed by atoms with E-state index in [0.29, 0.717) is 12.0 Å². The highest BCUT2D eigenvalue weighted by Crippen LogP contribution is 2.31. The molecular weight excluding hydrogens is 352 g/mol. The first kappa shape index (κ1) is 18.3. The molecule has 28 heavy (non-hydrogen) atoms. The molecule has 6 nitrogen and oxygen atoms in total. The number of hydrogen-bond donors (Lipinski definition) is 1. The molecule has 0 spiro atoms. The number of ether oxygens (including phenoxy) is 2. The van der Waals surface area contributed by atoms with Crippen LogP contribution in [-0.2, 0) is 9.47 Å². The van der Waals surface area contributed by atoms with Crippen LogP contribution >= 0.6 is 0 Å². The first-order valence-corrected chi connectivity index (χ1v) is 10.8. The lowest BCUT2D eigenvalue weighted by Gasteiger charge is -2.39. The van der Waals surface area contributed by atoms with Gasteiger partial charge in [-0.15, -0.1) is 0 Å². The summed E-state index contributed by atoms with van der Waals surface area (Å²) in [5, 5.41) is 4.88. The van der Waals surface area contributed by atoms with Gasteiger partial charge >= 0.3 is 0 Å². The topological polar surface area (TPSA) is 59.5 Å². The molecule has 2 aromatic rings. The minimum absolute atomic E-state index is 0.494. The highest BCUT2D eigenvalue weighted by Gasteiger charge is 2.27. The molecule has 3 aliphatic rings. The minimum atomic E-state index is 0.494. The molecule has 0 bridgehead atoms. The summed E-state index contributed by atoms with van der Waals surface area (Å²) in [5.74, 6) is 1.49. The van der Waals surface area contributed by atoms with Gasteiger partial charge in [-0.1, -0.05) is 6.07 Å². The van der Waals surface area contributed by atoms with Gasteiger partial charge in [0.25, 0.3) is 0 Å². The number of morpholine rings is 1. The van der Waals surface area contributed by atoms with Crippen molar-refractivity contribution >= 4 is 16.7 Å². The third kappa shape index (κ3) is 3.86. The smallest absolute Gasteiger partial charge is 0.137 e. The van der Waals surface area contributed by atoms with E-state index in [9.17, 15) is 0 Å². The second-order valence-corrected chi connectivity index (χ2v) is 8.36. The molecule has 150 valence electrons. The normalized spacial score (nSPS) is 29.2. The maximum absolute atomic E-state index is 5.58. The summed E-state index contributed by atoms with van der Waals surface area (Å²) in [4.78, 5) is 11.7. The Morgan fingerprint density at radius 3 is 2.57 bits per heavy atom. The van der Waals surface area contributed by atoms with Crippen LogP contribution in [0.3, 0.4) is 0 Å². The zero-order valence-corrected chi connectivity index (χ0v) is 16.5. The Kier molecular flexibility index (Phi) is 5.43. The summed E-state index contributed by atoms with van der Waals surface area (Å²) in [7, 11) is 0. The molecule has 1 aromatic heterocycles. The van der Waals surface area contributed by atoms with Crippen molar-refractivity contribution in [2.45, 2.75) is 50.1 Å². The molecule has 0 amide bonds. The van der Waals surface area contributed by atoms with E-state index in [2.05, 4.69) is 38.4 Å². The van der Waals surface area contributed by atoms with E-state index in [-0.39, 0.29) is 0 Å². The molecule has 5 rings (SSSR count).